The van der Waals surface area contributed by atoms with Gasteiger partial charge in [-0.25, -0.2) is 15.0 Å². The number of pyridine rings is 1. The highest BCUT2D eigenvalue weighted by Crippen LogP contribution is 2.31. The molecule has 162 valence electrons. The Labute approximate surface area is 186 Å². The van der Waals surface area contributed by atoms with Gasteiger partial charge in [-0.15, -0.1) is 0 Å². The lowest BCUT2D eigenvalue weighted by atomic mass is 9.99. The van der Waals surface area contributed by atoms with Crippen molar-refractivity contribution >= 4 is 33.9 Å². The number of carbonyl (C=O) groups excluding carboxylic acids is 1. The Bertz CT molecular complexity index is 1040. The molecule has 4 heterocycles. The molecule has 0 saturated carbocycles. The number of nitrogens with one attached hydrogen (secondary N) is 2. The third-order valence-corrected chi connectivity index (χ3v) is 6.51. The van der Waals surface area contributed by atoms with Gasteiger partial charge in [0, 0.05) is 44.2 Å². The van der Waals surface area contributed by atoms with Gasteiger partial charge in [-0.05, 0) is 50.9 Å². The van der Waals surface area contributed by atoms with E-state index in [2.05, 4.69) is 35.5 Å². The fourth-order valence-electron chi connectivity index (χ4n) is 3.70. The van der Waals surface area contributed by atoms with Crippen LogP contribution in [0, 0.1) is 12.8 Å². The third-order valence-electron chi connectivity index (χ3n) is 5.55. The molecule has 0 bridgehead atoms. The smallest absolute Gasteiger partial charge is 0.188 e. The van der Waals surface area contributed by atoms with Gasteiger partial charge in [-0.2, -0.15) is 0 Å². The van der Waals surface area contributed by atoms with Crippen LogP contribution in [0.25, 0.3) is 10.4 Å². The van der Waals surface area contributed by atoms with Gasteiger partial charge in [-0.1, -0.05) is 11.3 Å². The fraction of sp³-hybridized carbons (Fsp3) is 0.409. The van der Waals surface area contributed by atoms with Crippen LogP contribution >= 0.6 is 11.3 Å². The summed E-state index contributed by atoms with van der Waals surface area (Å²) in [5.74, 6) is 2.94. The van der Waals surface area contributed by atoms with E-state index in [1.165, 1.54) is 0 Å². The van der Waals surface area contributed by atoms with Crippen molar-refractivity contribution < 1.29 is 4.79 Å². The Morgan fingerprint density at radius 1 is 1.32 bits per heavy atom. The average molecular weight is 438 g/mol. The number of aryl methyl sites for hydroxylation is 1. The van der Waals surface area contributed by atoms with E-state index in [9.17, 15) is 4.79 Å². The van der Waals surface area contributed by atoms with Gasteiger partial charge in [-0.3, -0.25) is 9.78 Å². The predicted octanol–water partition coefficient (Wildman–Crippen LogP) is 3.44. The maximum Gasteiger partial charge on any atom is 0.188 e. The topological polar surface area (TPSA) is 95.9 Å². The highest BCUT2D eigenvalue weighted by Gasteiger charge is 2.27. The van der Waals surface area contributed by atoms with Gasteiger partial charge in [0.15, 0.2) is 5.13 Å². The Morgan fingerprint density at radius 2 is 2.13 bits per heavy atom. The number of likely N-dealkylation sites (N-methyl/N-ethyl adjacent to an activating group) is 1. The number of hydrogen-bond acceptors (Lipinski definition) is 9. The molecule has 0 spiro atoms. The first-order chi connectivity index (χ1) is 15.0. The van der Waals surface area contributed by atoms with Gasteiger partial charge in [0.1, 0.15) is 23.2 Å². The maximum atomic E-state index is 12.3. The SMILES string of the molecule is CN[C@@H](C)C(=O)C[C@H]1CCN(c2cc(Nc3ncc(-c4ccncc4)s3)nc(C)n2)C1. The lowest BCUT2D eigenvalue weighted by Crippen LogP contribution is -2.32. The van der Waals surface area contributed by atoms with Gasteiger partial charge < -0.3 is 15.5 Å². The molecule has 1 aliphatic heterocycles. The zero-order chi connectivity index (χ0) is 21.8. The summed E-state index contributed by atoms with van der Waals surface area (Å²) in [4.78, 5) is 33.3. The van der Waals surface area contributed by atoms with E-state index in [1.54, 1.807) is 23.7 Å². The summed E-state index contributed by atoms with van der Waals surface area (Å²) in [5.41, 5.74) is 1.09. The van der Waals surface area contributed by atoms with Crippen molar-refractivity contribution in [3.63, 3.8) is 0 Å². The van der Waals surface area contributed by atoms with E-state index in [0.29, 0.717) is 18.2 Å². The van der Waals surface area contributed by atoms with Crippen LogP contribution in [0.15, 0.2) is 36.8 Å². The maximum absolute atomic E-state index is 12.3. The van der Waals surface area contributed by atoms with E-state index in [1.807, 2.05) is 45.3 Å². The van der Waals surface area contributed by atoms with Crippen molar-refractivity contribution in [3.05, 3.63) is 42.6 Å². The summed E-state index contributed by atoms with van der Waals surface area (Å²) in [7, 11) is 1.82. The standard InChI is InChI=1S/C22H27N7OS/c1-14(23-3)18(30)10-16-6-9-29(13-16)21-11-20(26-15(2)27-21)28-22-25-12-19(31-22)17-4-7-24-8-5-17/h4-5,7-8,11-12,14,16,23H,6,9-10,13H2,1-3H3,(H,25,26,27,28)/t14-,16+/m0/s1. The first-order valence-corrected chi connectivity index (χ1v) is 11.3. The second-order valence-electron chi connectivity index (χ2n) is 7.83. The minimum Gasteiger partial charge on any atom is -0.356 e. The minimum absolute atomic E-state index is 0.0958. The van der Waals surface area contributed by atoms with E-state index in [-0.39, 0.29) is 11.8 Å². The van der Waals surface area contributed by atoms with E-state index in [0.717, 1.165) is 46.7 Å². The van der Waals surface area contributed by atoms with Gasteiger partial charge in [0.25, 0.3) is 0 Å². The molecule has 31 heavy (non-hydrogen) atoms. The fourth-order valence-corrected chi connectivity index (χ4v) is 4.53. The zero-order valence-electron chi connectivity index (χ0n) is 18.0. The predicted molar refractivity (Wildman–Crippen MR) is 124 cm³/mol. The normalized spacial score (nSPS) is 17.0. The lowest BCUT2D eigenvalue weighted by molar-refractivity contribution is -0.121. The van der Waals surface area contributed by atoms with Crippen molar-refractivity contribution in [1.29, 1.82) is 0 Å². The van der Waals surface area contributed by atoms with E-state index >= 15 is 0 Å². The number of Topliss-reactive ketones (excluding diaryl/α,β-unsaturated/α-hetero) is 1. The highest BCUT2D eigenvalue weighted by atomic mass is 32.1. The lowest BCUT2D eigenvalue weighted by Gasteiger charge is -2.19. The van der Waals surface area contributed by atoms with Crippen LogP contribution in [0.5, 0.6) is 0 Å². The van der Waals surface area contributed by atoms with Gasteiger partial charge in [0.05, 0.1) is 10.9 Å². The molecule has 8 nitrogen and oxygen atoms in total. The van der Waals surface area contributed by atoms with E-state index < -0.39 is 0 Å². The molecule has 0 radical (unpaired) electrons. The molecule has 1 aliphatic rings. The molecule has 1 fully saturated rings. The summed E-state index contributed by atoms with van der Waals surface area (Å²) in [6.45, 7) is 5.54. The van der Waals surface area contributed by atoms with E-state index in [4.69, 9.17) is 0 Å². The second kappa shape index (κ2) is 9.49. The van der Waals surface area contributed by atoms with Crippen molar-refractivity contribution in [3.8, 4) is 10.4 Å². The highest BCUT2D eigenvalue weighted by molar-refractivity contribution is 7.18. The number of hydrogen-bond donors (Lipinski definition) is 2. The summed E-state index contributed by atoms with van der Waals surface area (Å²) in [5, 5.41) is 7.13. The molecule has 0 amide bonds. The number of rotatable bonds is 8. The van der Waals surface area contributed by atoms with Crippen LogP contribution in [-0.4, -0.2) is 51.9 Å². The van der Waals surface area contributed by atoms with Crippen molar-refractivity contribution in [1.82, 2.24) is 25.3 Å². The number of anilines is 3. The van der Waals surface area contributed by atoms with Crippen LogP contribution in [-0.2, 0) is 4.79 Å². The summed E-state index contributed by atoms with van der Waals surface area (Å²) in [6.07, 6.45) is 7.00. The Kier molecular flexibility index (Phi) is 6.53. The molecule has 2 N–H and O–H groups in total. The van der Waals surface area contributed by atoms with Crippen LogP contribution in [0.2, 0.25) is 0 Å². The number of nitrogens with zero attached hydrogens (tertiary/aromatic N) is 5. The molecule has 0 aliphatic carbocycles. The van der Waals surface area contributed by atoms with Gasteiger partial charge in [0.2, 0.25) is 0 Å². The Balaban J connectivity index is 1.43. The Morgan fingerprint density at radius 3 is 2.90 bits per heavy atom. The largest absolute Gasteiger partial charge is 0.356 e. The van der Waals surface area contributed by atoms with Crippen molar-refractivity contribution in [2.45, 2.75) is 32.7 Å². The molecule has 0 unspecified atom stereocenters. The van der Waals surface area contributed by atoms with Crippen LogP contribution in [0.1, 0.15) is 25.6 Å². The molecule has 9 heteroatoms. The van der Waals surface area contributed by atoms with Crippen LogP contribution in [0.3, 0.4) is 0 Å². The van der Waals surface area contributed by atoms with Crippen molar-refractivity contribution in [2.75, 3.05) is 30.4 Å². The average Bonchev–Trinajstić information content (AvgIpc) is 3.43. The number of ketones is 1. The number of carbonyl (C=O) groups is 1. The number of thiazole rings is 1. The first-order valence-electron chi connectivity index (χ1n) is 10.5. The molecule has 3 aromatic rings. The quantitative estimate of drug-likeness (QED) is 0.553. The molecule has 4 rings (SSSR count). The van der Waals surface area contributed by atoms with Crippen LogP contribution < -0.4 is 15.5 Å². The molecule has 2 atom stereocenters. The molecule has 3 aromatic heterocycles. The van der Waals surface area contributed by atoms with Gasteiger partial charge >= 0.3 is 0 Å². The molecular weight excluding hydrogens is 410 g/mol. The third kappa shape index (κ3) is 5.23. The summed E-state index contributed by atoms with van der Waals surface area (Å²) >= 11 is 1.57. The van der Waals surface area contributed by atoms with Crippen LogP contribution in [0.4, 0.5) is 16.8 Å². The minimum atomic E-state index is -0.0958. The monoisotopic (exact) mass is 437 g/mol. The van der Waals surface area contributed by atoms with Crippen molar-refractivity contribution in [2.24, 2.45) is 5.92 Å². The second-order valence-corrected chi connectivity index (χ2v) is 8.86. The molecular formula is C22H27N7OS. The molecule has 0 aromatic carbocycles. The Hall–Kier alpha value is -2.91. The summed E-state index contributed by atoms with van der Waals surface area (Å²) < 4.78 is 0. The first kappa shape index (κ1) is 21.3. The zero-order valence-corrected chi connectivity index (χ0v) is 18.8. The summed E-state index contributed by atoms with van der Waals surface area (Å²) in [6, 6.07) is 5.80. The molecule has 1 saturated heterocycles. The number of aromatic nitrogens is 4.